The van der Waals surface area contributed by atoms with Crippen molar-refractivity contribution in [1.29, 1.82) is 0 Å². The molecule has 1 aromatic rings. The minimum Gasteiger partial charge on any atom is -0.545 e. The number of alkyl halides is 3. The number of halogens is 3. The van der Waals surface area contributed by atoms with Crippen LogP contribution >= 0.6 is 0 Å². The fourth-order valence-electron chi connectivity index (χ4n) is 0.892. The number of rotatable bonds is 2. The molecular formula is C9H5F3NO3-. The van der Waals surface area contributed by atoms with Crippen molar-refractivity contribution in [1.82, 2.24) is 0 Å². The van der Waals surface area contributed by atoms with E-state index in [4.69, 9.17) is 0 Å². The van der Waals surface area contributed by atoms with Gasteiger partial charge in [0, 0.05) is 5.69 Å². The monoisotopic (exact) mass is 232 g/mol. The lowest BCUT2D eigenvalue weighted by Gasteiger charge is -2.08. The number of amides is 1. The van der Waals surface area contributed by atoms with Crippen molar-refractivity contribution in [3.63, 3.8) is 0 Å². The molecule has 0 heterocycles. The number of carbonyl (C=O) groups is 2. The van der Waals surface area contributed by atoms with Crippen LogP contribution in [0.5, 0.6) is 0 Å². The van der Waals surface area contributed by atoms with Crippen LogP contribution in [0.4, 0.5) is 18.9 Å². The molecule has 0 aliphatic rings. The van der Waals surface area contributed by atoms with Gasteiger partial charge in [-0.3, -0.25) is 4.79 Å². The third kappa shape index (κ3) is 2.97. The van der Waals surface area contributed by atoms with Crippen molar-refractivity contribution in [2.24, 2.45) is 0 Å². The van der Waals surface area contributed by atoms with E-state index >= 15 is 0 Å². The summed E-state index contributed by atoms with van der Waals surface area (Å²) in [6.07, 6.45) is -4.98. The maximum Gasteiger partial charge on any atom is 0.471 e. The van der Waals surface area contributed by atoms with Gasteiger partial charge in [-0.15, -0.1) is 0 Å². The summed E-state index contributed by atoms with van der Waals surface area (Å²) < 4.78 is 35.5. The van der Waals surface area contributed by atoms with Crippen molar-refractivity contribution in [3.8, 4) is 0 Å². The van der Waals surface area contributed by atoms with Crippen LogP contribution in [-0.4, -0.2) is 18.1 Å². The topological polar surface area (TPSA) is 69.2 Å². The zero-order valence-electron chi connectivity index (χ0n) is 7.67. The molecule has 1 N–H and O–H groups in total. The molecule has 4 nitrogen and oxygen atoms in total. The van der Waals surface area contributed by atoms with Crippen LogP contribution in [0.15, 0.2) is 24.3 Å². The lowest BCUT2D eigenvalue weighted by atomic mass is 10.2. The molecule has 0 fully saturated rings. The molecule has 0 saturated carbocycles. The number of anilines is 1. The van der Waals surface area contributed by atoms with Gasteiger partial charge in [-0.2, -0.15) is 13.2 Å². The standard InChI is InChI=1S/C9H6F3NO3/c10-9(11,12)8(16)13-6-3-1-5(2-4-6)7(14)15/h1-4H,(H,13,16)(H,14,15)/p-1. The normalized spacial score (nSPS) is 10.9. The molecule has 0 atom stereocenters. The van der Waals surface area contributed by atoms with E-state index in [1.54, 1.807) is 5.32 Å². The molecule has 0 aromatic heterocycles. The van der Waals surface area contributed by atoms with Crippen LogP contribution in [0, 0.1) is 0 Å². The van der Waals surface area contributed by atoms with Crippen molar-refractivity contribution in [2.75, 3.05) is 5.32 Å². The van der Waals surface area contributed by atoms with Gasteiger partial charge in [0.1, 0.15) is 0 Å². The van der Waals surface area contributed by atoms with Crippen LogP contribution < -0.4 is 10.4 Å². The van der Waals surface area contributed by atoms with Gasteiger partial charge in [-0.05, 0) is 17.7 Å². The number of benzene rings is 1. The van der Waals surface area contributed by atoms with Crippen molar-refractivity contribution >= 4 is 17.6 Å². The zero-order chi connectivity index (χ0) is 12.3. The predicted molar refractivity (Wildman–Crippen MR) is 45.5 cm³/mol. The Bertz CT molecular complexity index is 411. The first-order valence-electron chi connectivity index (χ1n) is 4.00. The first-order valence-corrected chi connectivity index (χ1v) is 4.00. The Hall–Kier alpha value is -2.05. The number of hydrogen-bond donors (Lipinski definition) is 1. The molecule has 16 heavy (non-hydrogen) atoms. The Morgan fingerprint density at radius 2 is 1.62 bits per heavy atom. The van der Waals surface area contributed by atoms with Crippen LogP contribution in [0.3, 0.4) is 0 Å². The summed E-state index contributed by atoms with van der Waals surface area (Å²) in [6.45, 7) is 0. The lowest BCUT2D eigenvalue weighted by Crippen LogP contribution is -2.30. The Balaban J connectivity index is 2.77. The number of carbonyl (C=O) groups excluding carboxylic acids is 2. The number of carboxylic acid groups (broad SMARTS) is 1. The molecule has 1 aromatic carbocycles. The summed E-state index contributed by atoms with van der Waals surface area (Å²) in [6, 6.07) is 4.13. The van der Waals surface area contributed by atoms with Gasteiger partial charge in [0.15, 0.2) is 0 Å². The SMILES string of the molecule is O=C([O-])c1ccc(NC(=O)C(F)(F)F)cc1. The van der Waals surface area contributed by atoms with E-state index in [-0.39, 0.29) is 11.3 Å². The van der Waals surface area contributed by atoms with E-state index in [9.17, 15) is 27.9 Å². The van der Waals surface area contributed by atoms with Crippen LogP contribution in [0.1, 0.15) is 10.4 Å². The molecule has 0 aliphatic carbocycles. The van der Waals surface area contributed by atoms with E-state index in [0.29, 0.717) is 0 Å². The number of nitrogens with one attached hydrogen (secondary N) is 1. The third-order valence-electron chi connectivity index (χ3n) is 1.64. The van der Waals surface area contributed by atoms with E-state index < -0.39 is 18.1 Å². The molecular weight excluding hydrogens is 227 g/mol. The largest absolute Gasteiger partial charge is 0.545 e. The van der Waals surface area contributed by atoms with Crippen molar-refractivity contribution in [3.05, 3.63) is 29.8 Å². The summed E-state index contributed by atoms with van der Waals surface area (Å²) >= 11 is 0. The summed E-state index contributed by atoms with van der Waals surface area (Å²) in [5, 5.41) is 11.9. The second kappa shape index (κ2) is 4.21. The summed E-state index contributed by atoms with van der Waals surface area (Å²) in [5.41, 5.74) is -0.336. The Morgan fingerprint density at radius 1 is 1.12 bits per heavy atom. The predicted octanol–water partition coefficient (Wildman–Crippen LogP) is 0.551. The first-order chi connectivity index (χ1) is 7.30. The Labute approximate surface area is 87.7 Å². The molecule has 1 amide bonds. The molecule has 0 radical (unpaired) electrons. The maximum atomic E-state index is 11.8. The van der Waals surface area contributed by atoms with Gasteiger partial charge < -0.3 is 15.2 Å². The summed E-state index contributed by atoms with van der Waals surface area (Å²) in [5.74, 6) is -3.57. The highest BCUT2D eigenvalue weighted by Crippen LogP contribution is 2.18. The fourth-order valence-corrected chi connectivity index (χ4v) is 0.892. The van der Waals surface area contributed by atoms with E-state index in [1.165, 1.54) is 0 Å². The van der Waals surface area contributed by atoms with Gasteiger partial charge in [0.05, 0.1) is 5.97 Å². The molecule has 0 aliphatic heterocycles. The quantitative estimate of drug-likeness (QED) is 0.809. The second-order valence-corrected chi connectivity index (χ2v) is 2.82. The minimum absolute atomic E-state index is 0.146. The van der Waals surface area contributed by atoms with E-state index in [1.807, 2.05) is 0 Å². The average molecular weight is 232 g/mol. The van der Waals surface area contributed by atoms with Crippen LogP contribution in [0.2, 0.25) is 0 Å². The van der Waals surface area contributed by atoms with E-state index in [0.717, 1.165) is 24.3 Å². The van der Waals surface area contributed by atoms with Crippen molar-refractivity contribution in [2.45, 2.75) is 6.18 Å². The van der Waals surface area contributed by atoms with Gasteiger partial charge in [0.25, 0.3) is 0 Å². The number of hydrogen-bond acceptors (Lipinski definition) is 3. The number of carboxylic acids is 1. The highest BCUT2D eigenvalue weighted by Gasteiger charge is 2.38. The molecule has 0 bridgehead atoms. The maximum absolute atomic E-state index is 11.8. The molecule has 0 saturated heterocycles. The highest BCUT2D eigenvalue weighted by atomic mass is 19.4. The molecule has 0 unspecified atom stereocenters. The Kier molecular flexibility index (Phi) is 3.17. The minimum atomic E-state index is -4.98. The molecule has 0 spiro atoms. The van der Waals surface area contributed by atoms with Crippen LogP contribution in [-0.2, 0) is 4.79 Å². The first kappa shape index (κ1) is 12.0. The fraction of sp³-hybridized carbons (Fsp3) is 0.111. The highest BCUT2D eigenvalue weighted by molar-refractivity contribution is 5.95. The van der Waals surface area contributed by atoms with Gasteiger partial charge in [-0.25, -0.2) is 0 Å². The third-order valence-corrected chi connectivity index (χ3v) is 1.64. The van der Waals surface area contributed by atoms with E-state index in [2.05, 4.69) is 0 Å². The molecule has 1 rings (SSSR count). The summed E-state index contributed by atoms with van der Waals surface area (Å²) in [4.78, 5) is 20.8. The Morgan fingerprint density at radius 3 is 2.00 bits per heavy atom. The average Bonchev–Trinajstić information content (AvgIpc) is 2.17. The summed E-state index contributed by atoms with van der Waals surface area (Å²) in [7, 11) is 0. The van der Waals surface area contributed by atoms with Gasteiger partial charge in [-0.1, -0.05) is 12.1 Å². The lowest BCUT2D eigenvalue weighted by molar-refractivity contribution is -0.255. The molecule has 7 heteroatoms. The molecule has 86 valence electrons. The van der Waals surface area contributed by atoms with Gasteiger partial charge >= 0.3 is 12.1 Å². The smallest absolute Gasteiger partial charge is 0.471 e. The van der Waals surface area contributed by atoms with Crippen molar-refractivity contribution < 1.29 is 27.9 Å². The van der Waals surface area contributed by atoms with Gasteiger partial charge in [0.2, 0.25) is 0 Å². The van der Waals surface area contributed by atoms with Crippen LogP contribution in [0.25, 0.3) is 0 Å². The number of aromatic carboxylic acids is 1. The zero-order valence-corrected chi connectivity index (χ0v) is 7.67. The second-order valence-electron chi connectivity index (χ2n) is 2.82.